The van der Waals surface area contributed by atoms with Gasteiger partial charge in [0.15, 0.2) is 0 Å². The van der Waals surface area contributed by atoms with E-state index in [-0.39, 0.29) is 0 Å². The first-order valence-corrected chi connectivity index (χ1v) is 7.58. The zero-order chi connectivity index (χ0) is 12.0. The van der Waals surface area contributed by atoms with Crippen molar-refractivity contribution < 1.29 is 18.0 Å². The fraction of sp³-hybridized carbons (Fsp3) is 1.00. The van der Waals surface area contributed by atoms with Gasteiger partial charge in [-0.05, 0) is 6.92 Å². The summed E-state index contributed by atoms with van der Waals surface area (Å²) in [5, 5.41) is 0. The first-order valence-electron chi connectivity index (χ1n) is 5.64. The second-order valence-electron chi connectivity index (χ2n) is 4.00. The molecule has 16 heavy (non-hydrogen) atoms. The molecule has 0 spiro atoms. The minimum Gasteiger partial charge on any atom is -0.379 e. The van der Waals surface area contributed by atoms with Crippen molar-refractivity contribution in [3.05, 3.63) is 0 Å². The van der Waals surface area contributed by atoms with Gasteiger partial charge in [-0.3, -0.25) is 4.90 Å². The van der Waals surface area contributed by atoms with Crippen LogP contribution in [0.5, 0.6) is 0 Å². The van der Waals surface area contributed by atoms with Gasteiger partial charge in [-0.15, -0.1) is 0 Å². The van der Waals surface area contributed by atoms with Crippen LogP contribution in [0.3, 0.4) is 0 Å². The lowest BCUT2D eigenvalue weighted by atomic mass is 10.3. The monoisotopic (exact) mass is 249 g/mol. The molecule has 0 amide bonds. The number of hydrogen-bond donors (Lipinski definition) is 0. The summed E-state index contributed by atoms with van der Waals surface area (Å²) >= 11 is 0. The molecule has 0 N–H and O–H groups in total. The smallest absolute Gasteiger partial charge is 0.379 e. The number of morpholine rings is 1. The molecule has 1 rings (SSSR count). The summed E-state index contributed by atoms with van der Waals surface area (Å²) in [6.07, 6.45) is 0. The Hall–Kier alpha value is 0.0169. The zero-order valence-corrected chi connectivity index (χ0v) is 11.7. The average Bonchev–Trinajstić information content (AvgIpc) is 2.37. The van der Waals surface area contributed by atoms with Crippen molar-refractivity contribution in [2.24, 2.45) is 0 Å². The van der Waals surface area contributed by atoms with Gasteiger partial charge in [0, 0.05) is 46.5 Å². The van der Waals surface area contributed by atoms with Gasteiger partial charge in [0.05, 0.1) is 13.2 Å². The van der Waals surface area contributed by atoms with Crippen LogP contribution in [0.25, 0.3) is 0 Å². The number of hydrogen-bond acceptors (Lipinski definition) is 5. The van der Waals surface area contributed by atoms with Crippen molar-refractivity contribution in [3.63, 3.8) is 0 Å². The Morgan fingerprint density at radius 3 is 2.06 bits per heavy atom. The van der Waals surface area contributed by atoms with Crippen LogP contribution in [-0.4, -0.2) is 67.4 Å². The maximum atomic E-state index is 5.43. The normalized spacial score (nSPS) is 21.0. The molecule has 0 aliphatic carbocycles. The topological polar surface area (TPSA) is 40.2 Å². The highest BCUT2D eigenvalue weighted by molar-refractivity contribution is 6.60. The summed E-state index contributed by atoms with van der Waals surface area (Å²) in [5.74, 6) is 0. The van der Waals surface area contributed by atoms with Crippen molar-refractivity contribution >= 4 is 8.80 Å². The van der Waals surface area contributed by atoms with Gasteiger partial charge in [0.25, 0.3) is 0 Å². The maximum absolute atomic E-state index is 5.43. The Labute approximate surface area is 99.0 Å². The van der Waals surface area contributed by atoms with E-state index in [1.54, 1.807) is 21.3 Å². The molecule has 1 fully saturated rings. The largest absolute Gasteiger partial charge is 0.501 e. The summed E-state index contributed by atoms with van der Waals surface area (Å²) in [7, 11) is 2.53. The molecule has 1 aliphatic rings. The molecule has 6 heteroatoms. The van der Waals surface area contributed by atoms with Crippen LogP contribution >= 0.6 is 0 Å². The molecule has 0 aromatic carbocycles. The SMILES string of the molecule is CO[Si](CC(C)N1CCOCC1)(OC)OC. The van der Waals surface area contributed by atoms with Crippen molar-refractivity contribution in [2.75, 3.05) is 47.6 Å². The summed E-state index contributed by atoms with van der Waals surface area (Å²) < 4.78 is 21.6. The third kappa shape index (κ3) is 3.51. The molecule has 5 nitrogen and oxygen atoms in total. The van der Waals surface area contributed by atoms with E-state index in [4.69, 9.17) is 18.0 Å². The lowest BCUT2D eigenvalue weighted by molar-refractivity contribution is 0.0183. The molecule has 0 aromatic rings. The highest BCUT2D eigenvalue weighted by atomic mass is 28.4. The van der Waals surface area contributed by atoms with Gasteiger partial charge in [-0.25, -0.2) is 0 Å². The molecule has 0 radical (unpaired) electrons. The summed E-state index contributed by atoms with van der Waals surface area (Å²) in [5.41, 5.74) is 0. The van der Waals surface area contributed by atoms with E-state index in [9.17, 15) is 0 Å². The van der Waals surface area contributed by atoms with Gasteiger partial charge in [-0.1, -0.05) is 0 Å². The van der Waals surface area contributed by atoms with Crippen molar-refractivity contribution in [3.8, 4) is 0 Å². The van der Waals surface area contributed by atoms with Crippen molar-refractivity contribution in [2.45, 2.75) is 19.0 Å². The van der Waals surface area contributed by atoms with Crippen LogP contribution in [0.4, 0.5) is 0 Å². The highest BCUT2D eigenvalue weighted by Gasteiger charge is 2.40. The fourth-order valence-corrected chi connectivity index (χ4v) is 3.99. The van der Waals surface area contributed by atoms with Gasteiger partial charge in [0.1, 0.15) is 0 Å². The van der Waals surface area contributed by atoms with Crippen LogP contribution in [0.1, 0.15) is 6.92 Å². The predicted molar refractivity (Wildman–Crippen MR) is 63.4 cm³/mol. The Bertz CT molecular complexity index is 187. The molecule has 1 unspecified atom stereocenters. The Morgan fingerprint density at radius 2 is 1.62 bits per heavy atom. The first-order chi connectivity index (χ1) is 7.67. The third-order valence-corrected chi connectivity index (χ3v) is 6.10. The standard InChI is InChI=1S/C10H23NO4Si/c1-10(11-5-7-15-8-6-11)9-16(12-2,13-3)14-4/h10H,5-9H2,1-4H3. The van der Waals surface area contributed by atoms with Crippen LogP contribution in [0.15, 0.2) is 0 Å². The van der Waals surface area contributed by atoms with E-state index >= 15 is 0 Å². The fourth-order valence-electron chi connectivity index (χ4n) is 2.01. The van der Waals surface area contributed by atoms with E-state index in [2.05, 4.69) is 11.8 Å². The molecule has 0 saturated carbocycles. The van der Waals surface area contributed by atoms with Gasteiger partial charge >= 0.3 is 8.80 Å². The lowest BCUT2D eigenvalue weighted by Crippen LogP contribution is -2.51. The number of nitrogens with zero attached hydrogens (tertiary/aromatic N) is 1. The highest BCUT2D eigenvalue weighted by Crippen LogP contribution is 2.19. The number of rotatable bonds is 6. The van der Waals surface area contributed by atoms with Crippen LogP contribution in [-0.2, 0) is 18.0 Å². The second kappa shape index (κ2) is 6.68. The molecule has 96 valence electrons. The molecule has 0 aromatic heterocycles. The van der Waals surface area contributed by atoms with Gasteiger partial charge in [0.2, 0.25) is 0 Å². The molecular formula is C10H23NO4Si. The minimum atomic E-state index is -2.45. The first kappa shape index (κ1) is 14.1. The Morgan fingerprint density at radius 1 is 1.12 bits per heavy atom. The summed E-state index contributed by atoms with van der Waals surface area (Å²) in [4.78, 5) is 2.39. The minimum absolute atomic E-state index is 0.399. The molecule has 1 atom stereocenters. The van der Waals surface area contributed by atoms with E-state index in [1.807, 2.05) is 0 Å². The van der Waals surface area contributed by atoms with E-state index in [0.717, 1.165) is 32.3 Å². The quantitative estimate of drug-likeness (QED) is 0.644. The van der Waals surface area contributed by atoms with Gasteiger partial charge < -0.3 is 18.0 Å². The lowest BCUT2D eigenvalue weighted by Gasteiger charge is -2.35. The summed E-state index contributed by atoms with van der Waals surface area (Å²) in [6, 6.07) is 1.21. The van der Waals surface area contributed by atoms with Crippen LogP contribution in [0, 0.1) is 0 Å². The van der Waals surface area contributed by atoms with Crippen LogP contribution in [0.2, 0.25) is 6.04 Å². The average molecular weight is 249 g/mol. The molecule has 1 saturated heterocycles. The maximum Gasteiger partial charge on any atom is 0.501 e. The Kier molecular flexibility index (Phi) is 5.88. The van der Waals surface area contributed by atoms with Crippen molar-refractivity contribution in [1.29, 1.82) is 0 Å². The molecule has 1 aliphatic heterocycles. The number of ether oxygens (including phenoxy) is 1. The predicted octanol–water partition coefficient (Wildman–Crippen LogP) is 0.585. The van der Waals surface area contributed by atoms with Crippen LogP contribution < -0.4 is 0 Å². The van der Waals surface area contributed by atoms with Crippen molar-refractivity contribution in [1.82, 2.24) is 4.90 Å². The third-order valence-electron chi connectivity index (χ3n) is 3.15. The van der Waals surface area contributed by atoms with Gasteiger partial charge in [-0.2, -0.15) is 0 Å². The molecular weight excluding hydrogens is 226 g/mol. The van der Waals surface area contributed by atoms with E-state index in [1.165, 1.54) is 0 Å². The van der Waals surface area contributed by atoms with E-state index in [0.29, 0.717) is 6.04 Å². The Balaban J connectivity index is 2.49. The molecule has 1 heterocycles. The van der Waals surface area contributed by atoms with E-state index < -0.39 is 8.80 Å². The summed E-state index contributed by atoms with van der Waals surface area (Å²) in [6.45, 7) is 5.76. The zero-order valence-electron chi connectivity index (χ0n) is 10.7. The second-order valence-corrected chi connectivity index (χ2v) is 7.00. The molecule has 0 bridgehead atoms.